The number of pyridine rings is 2. The minimum absolute atomic E-state index is 0.288. The molecule has 0 amide bonds. The zero-order valence-electron chi connectivity index (χ0n) is 20.4. The average Bonchev–Trinajstić information content (AvgIpc) is 3.24. The quantitative estimate of drug-likeness (QED) is 0.316. The van der Waals surface area contributed by atoms with E-state index in [1.807, 2.05) is 34.9 Å². The van der Waals surface area contributed by atoms with E-state index < -0.39 is 8.07 Å². The second-order valence-electron chi connectivity index (χ2n) is 9.81. The molecule has 1 aliphatic rings. The molecule has 1 aliphatic heterocycles. The van der Waals surface area contributed by atoms with E-state index >= 15 is 0 Å². The van der Waals surface area contributed by atoms with E-state index in [1.165, 1.54) is 5.56 Å². The summed E-state index contributed by atoms with van der Waals surface area (Å²) in [4.78, 5) is 12.2. The van der Waals surface area contributed by atoms with Crippen molar-refractivity contribution in [2.45, 2.75) is 51.1 Å². The maximum absolute atomic E-state index is 5.99. The van der Waals surface area contributed by atoms with Crippen LogP contribution in [0.5, 0.6) is 0 Å². The van der Waals surface area contributed by atoms with E-state index in [2.05, 4.69) is 55.0 Å². The molecule has 4 heterocycles. The summed E-state index contributed by atoms with van der Waals surface area (Å²) in [6.45, 7) is 12.7. The Morgan fingerprint density at radius 1 is 1.24 bits per heavy atom. The molecular weight excluding hydrogens is 450 g/mol. The summed E-state index contributed by atoms with van der Waals surface area (Å²) in [6, 6.07) is 7.74. The average molecular weight is 486 g/mol. The first-order chi connectivity index (χ1) is 15.9. The van der Waals surface area contributed by atoms with Crippen molar-refractivity contribution in [1.29, 1.82) is 0 Å². The Balaban J connectivity index is 1.71. The van der Waals surface area contributed by atoms with Crippen molar-refractivity contribution in [3.8, 4) is 11.4 Å². The highest BCUT2D eigenvalue weighted by atomic mass is 32.2. The molecule has 0 spiro atoms. The molecular formula is C24H35N5O2SSi. The lowest BCUT2D eigenvalue weighted by molar-refractivity contribution is 0.0797. The van der Waals surface area contributed by atoms with Crippen molar-refractivity contribution in [3.63, 3.8) is 0 Å². The summed E-state index contributed by atoms with van der Waals surface area (Å²) in [7, 11) is -1.13. The third kappa shape index (κ3) is 5.77. The van der Waals surface area contributed by atoms with E-state index in [1.54, 1.807) is 0 Å². The van der Waals surface area contributed by atoms with E-state index in [9.17, 15) is 0 Å². The highest BCUT2D eigenvalue weighted by Crippen LogP contribution is 2.32. The molecule has 9 heteroatoms. The Morgan fingerprint density at radius 2 is 2.09 bits per heavy atom. The number of hydrogen-bond donors (Lipinski definition) is 0. The highest BCUT2D eigenvalue weighted by molar-refractivity contribution is 7.97. The summed E-state index contributed by atoms with van der Waals surface area (Å²) in [5.74, 6) is 1.92. The second-order valence-corrected chi connectivity index (χ2v) is 16.3. The van der Waals surface area contributed by atoms with Gasteiger partial charge in [0.25, 0.3) is 0 Å². The minimum atomic E-state index is -1.13. The first kappa shape index (κ1) is 24.2. The Morgan fingerprint density at radius 3 is 2.85 bits per heavy atom. The zero-order chi connectivity index (χ0) is 23.4. The first-order valence-electron chi connectivity index (χ1n) is 11.6. The van der Waals surface area contributed by atoms with Gasteiger partial charge in [-0.15, -0.1) is 0 Å². The van der Waals surface area contributed by atoms with E-state index in [0.29, 0.717) is 6.73 Å². The number of hydrogen-bond acceptors (Lipinski definition) is 7. The molecule has 0 N–H and O–H groups in total. The molecule has 0 unspecified atom stereocenters. The summed E-state index contributed by atoms with van der Waals surface area (Å²) in [5.41, 5.74) is 3.98. The molecule has 0 aromatic carbocycles. The predicted octanol–water partition coefficient (Wildman–Crippen LogP) is 4.89. The molecule has 1 atom stereocenters. The van der Waals surface area contributed by atoms with Crippen LogP contribution in [0.15, 0.2) is 30.6 Å². The van der Waals surface area contributed by atoms with Crippen molar-refractivity contribution in [2.24, 2.45) is 0 Å². The number of ether oxygens (including phenoxy) is 2. The third-order valence-electron chi connectivity index (χ3n) is 5.93. The highest BCUT2D eigenvalue weighted by Gasteiger charge is 2.23. The van der Waals surface area contributed by atoms with Crippen LogP contribution in [-0.4, -0.2) is 66.5 Å². The van der Waals surface area contributed by atoms with Crippen LogP contribution >= 0.6 is 11.8 Å². The fourth-order valence-corrected chi connectivity index (χ4v) is 5.36. The Hall–Kier alpha value is -1.94. The molecule has 1 fully saturated rings. The van der Waals surface area contributed by atoms with E-state index in [0.717, 1.165) is 66.3 Å². The van der Waals surface area contributed by atoms with Crippen molar-refractivity contribution in [2.75, 3.05) is 37.5 Å². The number of anilines is 1. The van der Waals surface area contributed by atoms with Gasteiger partial charge >= 0.3 is 0 Å². The fourth-order valence-electron chi connectivity index (χ4n) is 4.05. The minimum Gasteiger partial charge on any atom is -0.377 e. The Kier molecular flexibility index (Phi) is 7.73. The Labute approximate surface area is 201 Å². The number of aromatic nitrogens is 4. The van der Waals surface area contributed by atoms with Crippen LogP contribution in [0.4, 0.5) is 5.82 Å². The second kappa shape index (κ2) is 10.5. The van der Waals surface area contributed by atoms with Gasteiger partial charge in [0.05, 0.1) is 24.9 Å². The van der Waals surface area contributed by atoms with Crippen molar-refractivity contribution in [3.05, 3.63) is 36.2 Å². The molecule has 0 radical (unpaired) electrons. The lowest BCUT2D eigenvalue weighted by Gasteiger charge is -2.34. The molecule has 3 aromatic heterocycles. The van der Waals surface area contributed by atoms with Gasteiger partial charge in [-0.1, -0.05) is 19.6 Å². The number of morpholine rings is 1. The van der Waals surface area contributed by atoms with Crippen molar-refractivity contribution in [1.82, 2.24) is 19.7 Å². The SMILES string of the molecule is CSCc1cc(N2CCOC[C@H]2C)nc2c(-c3ccnn3COCC[Si](C)(C)C)nccc12. The lowest BCUT2D eigenvalue weighted by Crippen LogP contribution is -2.44. The summed E-state index contributed by atoms with van der Waals surface area (Å²) >= 11 is 1.82. The molecule has 3 aromatic rings. The van der Waals surface area contributed by atoms with Gasteiger partial charge in [-0.2, -0.15) is 16.9 Å². The molecule has 33 heavy (non-hydrogen) atoms. The van der Waals surface area contributed by atoms with Gasteiger partial charge in [0.15, 0.2) is 0 Å². The normalized spacial score (nSPS) is 17.1. The maximum atomic E-state index is 5.99. The van der Waals surface area contributed by atoms with Crippen molar-refractivity contribution >= 4 is 36.6 Å². The van der Waals surface area contributed by atoms with Gasteiger partial charge in [0.2, 0.25) is 0 Å². The molecule has 178 valence electrons. The predicted molar refractivity (Wildman–Crippen MR) is 140 cm³/mol. The van der Waals surface area contributed by atoms with Crippen LogP contribution < -0.4 is 4.90 Å². The number of rotatable bonds is 9. The molecule has 4 rings (SSSR count). The van der Waals surface area contributed by atoms with Gasteiger partial charge in [-0.25, -0.2) is 9.67 Å². The summed E-state index contributed by atoms with van der Waals surface area (Å²) in [5, 5.41) is 5.67. The van der Waals surface area contributed by atoms with Crippen LogP contribution in [0, 0.1) is 0 Å². The molecule has 0 bridgehead atoms. The molecule has 0 aliphatic carbocycles. The number of nitrogens with zero attached hydrogens (tertiary/aromatic N) is 5. The van der Waals surface area contributed by atoms with Crippen LogP contribution in [0.25, 0.3) is 22.3 Å². The van der Waals surface area contributed by atoms with Gasteiger partial charge in [0.1, 0.15) is 23.8 Å². The lowest BCUT2D eigenvalue weighted by atomic mass is 10.1. The maximum Gasteiger partial charge on any atom is 0.140 e. The van der Waals surface area contributed by atoms with Crippen LogP contribution in [0.3, 0.4) is 0 Å². The smallest absolute Gasteiger partial charge is 0.140 e. The van der Waals surface area contributed by atoms with Crippen LogP contribution in [0.1, 0.15) is 12.5 Å². The molecule has 7 nitrogen and oxygen atoms in total. The standard InChI is InChI=1S/C24H35N5O2SSi/c1-18-15-30-11-10-28(18)22-14-19(16-32-2)20-6-8-25-24(23(20)27-22)21-7-9-26-29(21)17-31-12-13-33(3,4)5/h6-9,14,18H,10-13,15-17H2,1-5H3/t18-/m1/s1. The van der Waals surface area contributed by atoms with Crippen LogP contribution in [-0.2, 0) is 22.0 Å². The fraction of sp³-hybridized carbons (Fsp3) is 0.542. The third-order valence-corrected chi connectivity index (χ3v) is 8.23. The summed E-state index contributed by atoms with van der Waals surface area (Å²) in [6.07, 6.45) is 5.83. The Bertz CT molecular complexity index is 1080. The monoisotopic (exact) mass is 485 g/mol. The number of thioether (sulfide) groups is 1. The summed E-state index contributed by atoms with van der Waals surface area (Å²) < 4.78 is 13.5. The van der Waals surface area contributed by atoms with Gasteiger partial charge < -0.3 is 14.4 Å². The topological polar surface area (TPSA) is 65.3 Å². The van der Waals surface area contributed by atoms with Crippen LogP contribution in [0.2, 0.25) is 25.7 Å². The van der Waals surface area contributed by atoms with Gasteiger partial charge in [-0.3, -0.25) is 4.98 Å². The van der Waals surface area contributed by atoms with Crippen molar-refractivity contribution < 1.29 is 9.47 Å². The molecule has 0 saturated carbocycles. The van der Waals surface area contributed by atoms with E-state index in [4.69, 9.17) is 19.4 Å². The van der Waals surface area contributed by atoms with Gasteiger partial charge in [-0.05, 0) is 43.0 Å². The van der Waals surface area contributed by atoms with Gasteiger partial charge in [0, 0.05) is 44.8 Å². The number of fused-ring (bicyclic) bond motifs is 1. The molecule has 1 saturated heterocycles. The van der Waals surface area contributed by atoms with E-state index in [-0.39, 0.29) is 6.04 Å². The first-order valence-corrected chi connectivity index (χ1v) is 16.7. The largest absolute Gasteiger partial charge is 0.377 e. The zero-order valence-corrected chi connectivity index (χ0v) is 22.2.